The van der Waals surface area contributed by atoms with Crippen LogP contribution in [0.15, 0.2) is 30.5 Å². The minimum Gasteiger partial charge on any atom is -0.496 e. The summed E-state index contributed by atoms with van der Waals surface area (Å²) in [5, 5.41) is 3.25. The Hall–Kier alpha value is -2.01. The van der Waals surface area contributed by atoms with E-state index in [1.165, 1.54) is 6.07 Å². The van der Waals surface area contributed by atoms with Crippen molar-refractivity contribution in [2.75, 3.05) is 7.11 Å². The third-order valence-corrected chi connectivity index (χ3v) is 3.09. The molecule has 106 valence electrons. The summed E-state index contributed by atoms with van der Waals surface area (Å²) >= 11 is 0. The van der Waals surface area contributed by atoms with Crippen LogP contribution >= 0.6 is 0 Å². The van der Waals surface area contributed by atoms with Crippen molar-refractivity contribution in [3.05, 3.63) is 53.4 Å². The van der Waals surface area contributed by atoms with Crippen LogP contribution in [0.25, 0.3) is 0 Å². The minimum atomic E-state index is -0.275. The standard InChI is InChI=1S/C15H18FN3O/c1-10(15-13(16)5-4-6-14(15)20-3)18-9-12-7-8-17-11(2)19-12/h4-8,10,18H,9H2,1-3H3. The lowest BCUT2D eigenvalue weighted by molar-refractivity contribution is 0.393. The number of hydrogen-bond donors (Lipinski definition) is 1. The van der Waals surface area contributed by atoms with Crippen LogP contribution in [0.1, 0.15) is 30.0 Å². The van der Waals surface area contributed by atoms with Crippen molar-refractivity contribution in [1.82, 2.24) is 15.3 Å². The van der Waals surface area contributed by atoms with Gasteiger partial charge in [-0.05, 0) is 32.0 Å². The van der Waals surface area contributed by atoms with Gasteiger partial charge in [0.1, 0.15) is 17.4 Å². The topological polar surface area (TPSA) is 47.0 Å². The number of aryl methyl sites for hydroxylation is 1. The Bertz CT molecular complexity index is 589. The van der Waals surface area contributed by atoms with E-state index in [1.54, 1.807) is 25.4 Å². The van der Waals surface area contributed by atoms with Crippen molar-refractivity contribution in [3.63, 3.8) is 0 Å². The van der Waals surface area contributed by atoms with Crippen molar-refractivity contribution in [3.8, 4) is 5.75 Å². The van der Waals surface area contributed by atoms with Crippen LogP contribution < -0.4 is 10.1 Å². The Balaban J connectivity index is 2.11. The van der Waals surface area contributed by atoms with E-state index in [-0.39, 0.29) is 11.9 Å². The summed E-state index contributed by atoms with van der Waals surface area (Å²) in [6.07, 6.45) is 1.72. The molecule has 0 aliphatic rings. The zero-order valence-electron chi connectivity index (χ0n) is 11.9. The van der Waals surface area contributed by atoms with Gasteiger partial charge in [0.25, 0.3) is 0 Å². The smallest absolute Gasteiger partial charge is 0.131 e. The highest BCUT2D eigenvalue weighted by Gasteiger charge is 2.16. The van der Waals surface area contributed by atoms with Crippen LogP contribution in [0.3, 0.4) is 0 Å². The van der Waals surface area contributed by atoms with Crippen LogP contribution in [-0.2, 0) is 6.54 Å². The number of aromatic nitrogens is 2. The van der Waals surface area contributed by atoms with Gasteiger partial charge in [-0.15, -0.1) is 0 Å². The highest BCUT2D eigenvalue weighted by Crippen LogP contribution is 2.27. The zero-order chi connectivity index (χ0) is 14.5. The molecule has 1 atom stereocenters. The molecule has 0 aliphatic heterocycles. The first-order chi connectivity index (χ1) is 9.61. The number of nitrogens with zero attached hydrogens (tertiary/aromatic N) is 2. The molecule has 0 saturated carbocycles. The molecule has 2 aromatic rings. The summed E-state index contributed by atoms with van der Waals surface area (Å²) in [5.74, 6) is 0.993. The van der Waals surface area contributed by atoms with E-state index in [9.17, 15) is 4.39 Å². The molecule has 1 aromatic carbocycles. The third kappa shape index (κ3) is 3.30. The van der Waals surface area contributed by atoms with Crippen LogP contribution in [0.2, 0.25) is 0 Å². The fraction of sp³-hybridized carbons (Fsp3) is 0.333. The van der Waals surface area contributed by atoms with Crippen LogP contribution in [0.4, 0.5) is 4.39 Å². The Labute approximate surface area is 118 Å². The van der Waals surface area contributed by atoms with E-state index in [0.717, 1.165) is 11.5 Å². The van der Waals surface area contributed by atoms with Crippen LogP contribution in [-0.4, -0.2) is 17.1 Å². The van der Waals surface area contributed by atoms with E-state index in [4.69, 9.17) is 4.74 Å². The molecule has 5 heteroatoms. The molecule has 0 amide bonds. The lowest BCUT2D eigenvalue weighted by atomic mass is 10.1. The number of ether oxygens (including phenoxy) is 1. The zero-order valence-corrected chi connectivity index (χ0v) is 11.9. The van der Waals surface area contributed by atoms with Gasteiger partial charge in [-0.1, -0.05) is 6.07 Å². The second-order valence-corrected chi connectivity index (χ2v) is 4.55. The quantitative estimate of drug-likeness (QED) is 0.911. The molecule has 0 aliphatic carbocycles. The van der Waals surface area contributed by atoms with Gasteiger partial charge in [0.05, 0.1) is 12.8 Å². The first-order valence-corrected chi connectivity index (χ1v) is 6.46. The average Bonchev–Trinajstić information content (AvgIpc) is 2.44. The van der Waals surface area contributed by atoms with Crippen molar-refractivity contribution >= 4 is 0 Å². The SMILES string of the molecule is COc1cccc(F)c1C(C)NCc1ccnc(C)n1. The molecule has 1 aromatic heterocycles. The summed E-state index contributed by atoms with van der Waals surface area (Å²) in [5.41, 5.74) is 1.40. The molecule has 20 heavy (non-hydrogen) atoms. The van der Waals surface area contributed by atoms with Crippen LogP contribution in [0.5, 0.6) is 5.75 Å². The largest absolute Gasteiger partial charge is 0.496 e. The fourth-order valence-corrected chi connectivity index (χ4v) is 2.08. The average molecular weight is 275 g/mol. The molecule has 0 bridgehead atoms. The minimum absolute atomic E-state index is 0.179. The van der Waals surface area contributed by atoms with Crippen molar-refractivity contribution in [1.29, 1.82) is 0 Å². The Morgan fingerprint density at radius 1 is 1.35 bits per heavy atom. The van der Waals surface area contributed by atoms with E-state index in [0.29, 0.717) is 17.9 Å². The second-order valence-electron chi connectivity index (χ2n) is 4.55. The molecular formula is C15H18FN3O. The summed E-state index contributed by atoms with van der Waals surface area (Å²) in [4.78, 5) is 8.35. The number of halogens is 1. The fourth-order valence-electron chi connectivity index (χ4n) is 2.08. The van der Waals surface area contributed by atoms with Gasteiger partial charge >= 0.3 is 0 Å². The highest BCUT2D eigenvalue weighted by atomic mass is 19.1. The van der Waals surface area contributed by atoms with E-state index < -0.39 is 0 Å². The van der Waals surface area contributed by atoms with E-state index in [1.807, 2.05) is 19.9 Å². The lowest BCUT2D eigenvalue weighted by Gasteiger charge is -2.17. The molecule has 0 fully saturated rings. The van der Waals surface area contributed by atoms with Gasteiger partial charge in [-0.2, -0.15) is 0 Å². The molecule has 0 saturated heterocycles. The summed E-state index contributed by atoms with van der Waals surface area (Å²) < 4.78 is 19.1. The first kappa shape index (κ1) is 14.4. The first-order valence-electron chi connectivity index (χ1n) is 6.46. The van der Waals surface area contributed by atoms with Gasteiger partial charge in [0.2, 0.25) is 0 Å². The van der Waals surface area contributed by atoms with Gasteiger partial charge in [0, 0.05) is 24.3 Å². The third-order valence-electron chi connectivity index (χ3n) is 3.09. The number of methoxy groups -OCH3 is 1. The Kier molecular flexibility index (Phi) is 4.63. The second kappa shape index (κ2) is 6.43. The van der Waals surface area contributed by atoms with Gasteiger partial charge in [-0.25, -0.2) is 14.4 Å². The number of benzene rings is 1. The van der Waals surface area contributed by atoms with Gasteiger partial charge in [-0.3, -0.25) is 0 Å². The lowest BCUT2D eigenvalue weighted by Crippen LogP contribution is -2.20. The monoisotopic (exact) mass is 275 g/mol. The van der Waals surface area contributed by atoms with E-state index in [2.05, 4.69) is 15.3 Å². The van der Waals surface area contributed by atoms with Gasteiger partial charge in [0.15, 0.2) is 0 Å². The Morgan fingerprint density at radius 2 is 2.15 bits per heavy atom. The summed E-state index contributed by atoms with van der Waals surface area (Å²) in [7, 11) is 1.54. The molecule has 4 nitrogen and oxygen atoms in total. The maximum atomic E-state index is 13.9. The van der Waals surface area contributed by atoms with Gasteiger partial charge < -0.3 is 10.1 Å². The normalized spacial score (nSPS) is 12.2. The van der Waals surface area contributed by atoms with Crippen molar-refractivity contribution in [2.45, 2.75) is 26.4 Å². The van der Waals surface area contributed by atoms with E-state index >= 15 is 0 Å². The molecule has 0 spiro atoms. The predicted molar refractivity (Wildman–Crippen MR) is 75.0 cm³/mol. The molecule has 2 rings (SSSR count). The maximum absolute atomic E-state index is 13.9. The van der Waals surface area contributed by atoms with Crippen molar-refractivity contribution in [2.24, 2.45) is 0 Å². The number of hydrogen-bond acceptors (Lipinski definition) is 4. The van der Waals surface area contributed by atoms with Crippen LogP contribution in [0, 0.1) is 12.7 Å². The summed E-state index contributed by atoms with van der Waals surface area (Å²) in [6.45, 7) is 4.28. The highest BCUT2D eigenvalue weighted by molar-refractivity contribution is 5.36. The maximum Gasteiger partial charge on any atom is 0.131 e. The summed E-state index contributed by atoms with van der Waals surface area (Å²) in [6, 6.07) is 6.49. The molecule has 1 heterocycles. The molecular weight excluding hydrogens is 257 g/mol. The Morgan fingerprint density at radius 3 is 2.85 bits per heavy atom. The molecule has 0 radical (unpaired) electrons. The number of rotatable bonds is 5. The number of nitrogens with one attached hydrogen (secondary N) is 1. The molecule has 1 N–H and O–H groups in total. The molecule has 1 unspecified atom stereocenters. The van der Waals surface area contributed by atoms with Crippen molar-refractivity contribution < 1.29 is 9.13 Å². The predicted octanol–water partition coefficient (Wildman–Crippen LogP) is 2.78.